The molecule has 4 heteroatoms. The predicted molar refractivity (Wildman–Crippen MR) is 72.0 cm³/mol. The Hall–Kier alpha value is -1.84. The first-order valence-corrected chi connectivity index (χ1v) is 6.15. The van der Waals surface area contributed by atoms with E-state index in [1.807, 2.05) is 20.8 Å². The molecule has 0 fully saturated rings. The van der Waals surface area contributed by atoms with Crippen LogP contribution >= 0.6 is 0 Å². The van der Waals surface area contributed by atoms with E-state index in [2.05, 4.69) is 4.74 Å². The molecule has 0 bridgehead atoms. The molecule has 0 spiro atoms. The number of esters is 2. The van der Waals surface area contributed by atoms with Gasteiger partial charge in [0, 0.05) is 0 Å². The Bertz CT molecular complexity index is 471. The third kappa shape index (κ3) is 4.39. The van der Waals surface area contributed by atoms with Crippen LogP contribution in [0.25, 0.3) is 0 Å². The zero-order valence-corrected chi connectivity index (χ0v) is 12.0. The van der Waals surface area contributed by atoms with E-state index < -0.39 is 17.5 Å². The topological polar surface area (TPSA) is 52.6 Å². The van der Waals surface area contributed by atoms with E-state index in [4.69, 9.17) is 4.74 Å². The van der Waals surface area contributed by atoms with Gasteiger partial charge in [-0.1, -0.05) is 12.1 Å². The molecule has 0 N–H and O–H groups in total. The van der Waals surface area contributed by atoms with Crippen LogP contribution in [0.4, 0.5) is 0 Å². The van der Waals surface area contributed by atoms with Gasteiger partial charge in [-0.25, -0.2) is 4.79 Å². The number of hydrogen-bond donors (Lipinski definition) is 0. The number of benzene rings is 1. The Morgan fingerprint density at radius 1 is 1.21 bits per heavy atom. The lowest BCUT2D eigenvalue weighted by Gasteiger charge is -2.22. The van der Waals surface area contributed by atoms with Gasteiger partial charge >= 0.3 is 11.9 Å². The molecule has 0 aliphatic heterocycles. The Kier molecular flexibility index (Phi) is 4.70. The summed E-state index contributed by atoms with van der Waals surface area (Å²) >= 11 is 0. The van der Waals surface area contributed by atoms with Gasteiger partial charge in [0.1, 0.15) is 5.60 Å². The first-order chi connectivity index (χ1) is 8.74. The zero-order chi connectivity index (χ0) is 14.6. The van der Waals surface area contributed by atoms with Gasteiger partial charge in [-0.05, 0) is 45.4 Å². The molecular formula is C15H20O4. The maximum atomic E-state index is 12.0. The van der Waals surface area contributed by atoms with E-state index in [-0.39, 0.29) is 5.97 Å². The summed E-state index contributed by atoms with van der Waals surface area (Å²) in [6, 6.07) is 6.82. The summed E-state index contributed by atoms with van der Waals surface area (Å²) in [6.45, 7) is 7.22. The van der Waals surface area contributed by atoms with Gasteiger partial charge in [0.2, 0.25) is 0 Å². The van der Waals surface area contributed by atoms with Crippen molar-refractivity contribution in [1.29, 1.82) is 0 Å². The molecule has 0 radical (unpaired) electrons. The second kappa shape index (κ2) is 5.87. The van der Waals surface area contributed by atoms with Crippen LogP contribution in [-0.2, 0) is 14.3 Å². The quantitative estimate of drug-likeness (QED) is 0.788. The molecule has 0 aliphatic rings. The lowest BCUT2D eigenvalue weighted by atomic mass is 9.99. The van der Waals surface area contributed by atoms with E-state index in [1.165, 1.54) is 7.11 Å². The van der Waals surface area contributed by atoms with Crippen molar-refractivity contribution in [2.75, 3.05) is 7.11 Å². The SMILES string of the molecule is COC(=O)c1cccc(C(C)C(=O)OC(C)(C)C)c1. The fourth-order valence-electron chi connectivity index (χ4n) is 1.58. The average molecular weight is 264 g/mol. The van der Waals surface area contributed by atoms with Crippen molar-refractivity contribution in [3.05, 3.63) is 35.4 Å². The van der Waals surface area contributed by atoms with Gasteiger partial charge < -0.3 is 9.47 Å². The molecule has 0 saturated carbocycles. The molecule has 1 unspecified atom stereocenters. The molecule has 1 atom stereocenters. The minimum Gasteiger partial charge on any atom is -0.465 e. The monoisotopic (exact) mass is 264 g/mol. The highest BCUT2D eigenvalue weighted by molar-refractivity contribution is 5.90. The van der Waals surface area contributed by atoms with Crippen LogP contribution in [0.15, 0.2) is 24.3 Å². The van der Waals surface area contributed by atoms with Gasteiger partial charge in [0.25, 0.3) is 0 Å². The van der Waals surface area contributed by atoms with Crippen molar-refractivity contribution in [3.63, 3.8) is 0 Å². The lowest BCUT2D eigenvalue weighted by Crippen LogP contribution is -2.26. The van der Waals surface area contributed by atoms with Crippen molar-refractivity contribution in [2.45, 2.75) is 39.2 Å². The van der Waals surface area contributed by atoms with Gasteiger partial charge in [-0.2, -0.15) is 0 Å². The first-order valence-electron chi connectivity index (χ1n) is 6.15. The van der Waals surface area contributed by atoms with Crippen LogP contribution in [-0.4, -0.2) is 24.6 Å². The summed E-state index contributed by atoms with van der Waals surface area (Å²) in [5.74, 6) is -1.16. The van der Waals surface area contributed by atoms with E-state index in [1.54, 1.807) is 31.2 Å². The molecule has 1 aromatic rings. The Labute approximate surface area is 113 Å². The van der Waals surface area contributed by atoms with Crippen molar-refractivity contribution >= 4 is 11.9 Å². The standard InChI is InChI=1S/C15H20O4/c1-10(13(16)19-15(2,3)4)11-7-6-8-12(9-11)14(17)18-5/h6-10H,1-5H3. The van der Waals surface area contributed by atoms with Crippen molar-refractivity contribution in [1.82, 2.24) is 0 Å². The highest BCUT2D eigenvalue weighted by atomic mass is 16.6. The molecule has 0 heterocycles. The Morgan fingerprint density at radius 3 is 2.37 bits per heavy atom. The van der Waals surface area contributed by atoms with Crippen molar-refractivity contribution in [3.8, 4) is 0 Å². The largest absolute Gasteiger partial charge is 0.465 e. The number of hydrogen-bond acceptors (Lipinski definition) is 4. The highest BCUT2D eigenvalue weighted by Gasteiger charge is 2.23. The maximum Gasteiger partial charge on any atom is 0.337 e. The number of methoxy groups -OCH3 is 1. The van der Waals surface area contributed by atoms with Gasteiger partial charge in [0.05, 0.1) is 18.6 Å². The molecular weight excluding hydrogens is 244 g/mol. The molecule has 1 aromatic carbocycles. The zero-order valence-electron chi connectivity index (χ0n) is 12.0. The van der Waals surface area contributed by atoms with Crippen LogP contribution in [0, 0.1) is 0 Å². The van der Waals surface area contributed by atoms with E-state index >= 15 is 0 Å². The lowest BCUT2D eigenvalue weighted by molar-refractivity contribution is -0.156. The third-order valence-corrected chi connectivity index (χ3v) is 2.57. The number of rotatable bonds is 3. The van der Waals surface area contributed by atoms with Gasteiger partial charge in [0.15, 0.2) is 0 Å². The van der Waals surface area contributed by atoms with Crippen LogP contribution in [0.1, 0.15) is 49.5 Å². The minimum absolute atomic E-state index is 0.311. The van der Waals surface area contributed by atoms with Crippen LogP contribution in [0.5, 0.6) is 0 Å². The molecule has 0 saturated heterocycles. The number of carbonyl (C=O) groups excluding carboxylic acids is 2. The van der Waals surface area contributed by atoms with Crippen molar-refractivity contribution in [2.24, 2.45) is 0 Å². The normalized spacial score (nSPS) is 12.7. The summed E-state index contributed by atoms with van der Waals surface area (Å²) in [5, 5.41) is 0. The molecule has 1 rings (SSSR count). The smallest absolute Gasteiger partial charge is 0.337 e. The molecule has 4 nitrogen and oxygen atoms in total. The van der Waals surface area contributed by atoms with E-state index in [0.717, 1.165) is 5.56 Å². The molecule has 19 heavy (non-hydrogen) atoms. The van der Waals surface area contributed by atoms with Crippen LogP contribution < -0.4 is 0 Å². The molecule has 104 valence electrons. The maximum absolute atomic E-state index is 12.0. The average Bonchev–Trinajstić information content (AvgIpc) is 2.35. The molecule has 0 aliphatic carbocycles. The fraction of sp³-hybridized carbons (Fsp3) is 0.467. The Morgan fingerprint density at radius 2 is 1.84 bits per heavy atom. The third-order valence-electron chi connectivity index (χ3n) is 2.57. The van der Waals surface area contributed by atoms with Gasteiger partial charge in [-0.15, -0.1) is 0 Å². The Balaban J connectivity index is 2.91. The predicted octanol–water partition coefficient (Wildman–Crippen LogP) is 2.92. The minimum atomic E-state index is -0.523. The summed E-state index contributed by atoms with van der Waals surface area (Å²) in [6.07, 6.45) is 0. The number of carbonyl (C=O) groups is 2. The summed E-state index contributed by atoms with van der Waals surface area (Å²) in [5.41, 5.74) is 0.637. The molecule has 0 amide bonds. The highest BCUT2D eigenvalue weighted by Crippen LogP contribution is 2.21. The summed E-state index contributed by atoms with van der Waals surface area (Å²) < 4.78 is 9.98. The summed E-state index contributed by atoms with van der Waals surface area (Å²) in [4.78, 5) is 23.4. The molecule has 0 aromatic heterocycles. The summed E-state index contributed by atoms with van der Waals surface area (Å²) in [7, 11) is 1.33. The van der Waals surface area contributed by atoms with E-state index in [0.29, 0.717) is 5.56 Å². The second-order valence-electron chi connectivity index (χ2n) is 5.37. The van der Waals surface area contributed by atoms with Gasteiger partial charge in [-0.3, -0.25) is 4.79 Å². The fourth-order valence-corrected chi connectivity index (χ4v) is 1.58. The second-order valence-corrected chi connectivity index (χ2v) is 5.37. The van der Waals surface area contributed by atoms with Crippen LogP contribution in [0.3, 0.4) is 0 Å². The number of ether oxygens (including phenoxy) is 2. The van der Waals surface area contributed by atoms with E-state index in [9.17, 15) is 9.59 Å². The first kappa shape index (κ1) is 15.2. The van der Waals surface area contributed by atoms with Crippen molar-refractivity contribution < 1.29 is 19.1 Å². The van der Waals surface area contributed by atoms with Crippen LogP contribution in [0.2, 0.25) is 0 Å².